The molecule has 0 bridgehead atoms. The maximum absolute atomic E-state index is 13.8. The summed E-state index contributed by atoms with van der Waals surface area (Å²) in [6, 6.07) is 5.06. The zero-order valence-corrected chi connectivity index (χ0v) is 14.0. The second-order valence-corrected chi connectivity index (χ2v) is 7.16. The Labute approximate surface area is 137 Å². The van der Waals surface area contributed by atoms with Crippen molar-refractivity contribution in [2.75, 3.05) is 26.8 Å². The van der Waals surface area contributed by atoms with Gasteiger partial charge in [-0.15, -0.1) is 0 Å². The first-order valence-electron chi connectivity index (χ1n) is 8.33. The first-order valence-corrected chi connectivity index (χ1v) is 8.33. The number of hydrogen-bond acceptors (Lipinski definition) is 4. The summed E-state index contributed by atoms with van der Waals surface area (Å²) in [6.07, 6.45) is 3.22. The number of para-hydroxylation sites is 1. The molecule has 4 nitrogen and oxygen atoms in total. The highest BCUT2D eigenvalue weighted by molar-refractivity contribution is 5.34. The number of benzene rings is 1. The molecule has 1 atom stereocenters. The van der Waals surface area contributed by atoms with Crippen molar-refractivity contribution in [2.24, 2.45) is 0 Å². The van der Waals surface area contributed by atoms with E-state index < -0.39 is 5.60 Å². The molecule has 0 saturated carbocycles. The van der Waals surface area contributed by atoms with Gasteiger partial charge in [-0.05, 0) is 32.3 Å². The average Bonchev–Trinajstić information content (AvgIpc) is 2.49. The van der Waals surface area contributed by atoms with Crippen molar-refractivity contribution in [1.29, 1.82) is 0 Å². The van der Waals surface area contributed by atoms with Crippen LogP contribution < -0.4 is 4.74 Å². The molecule has 1 spiro atoms. The van der Waals surface area contributed by atoms with Crippen LogP contribution in [0.25, 0.3) is 0 Å². The normalized spacial score (nSPS) is 28.0. The molecule has 1 aromatic rings. The minimum absolute atomic E-state index is 0.190. The Kier molecular flexibility index (Phi) is 4.63. The van der Waals surface area contributed by atoms with E-state index in [-0.39, 0.29) is 11.4 Å². The third-order valence-corrected chi connectivity index (χ3v) is 5.17. The summed E-state index contributed by atoms with van der Waals surface area (Å²) in [5, 5.41) is 10.3. The van der Waals surface area contributed by atoms with E-state index in [9.17, 15) is 9.50 Å². The smallest absolute Gasteiger partial charge is 0.165 e. The first-order chi connectivity index (χ1) is 10.9. The Morgan fingerprint density at radius 1 is 1.30 bits per heavy atom. The molecule has 1 aromatic carbocycles. The highest BCUT2D eigenvalue weighted by Gasteiger charge is 2.44. The number of likely N-dealkylation sites (tertiary alicyclic amines) is 1. The van der Waals surface area contributed by atoms with Crippen molar-refractivity contribution in [2.45, 2.75) is 50.4 Å². The quantitative estimate of drug-likeness (QED) is 0.929. The third kappa shape index (κ3) is 3.67. The Hall–Kier alpha value is -1.17. The molecule has 2 saturated heterocycles. The molecular weight excluding hydrogens is 297 g/mol. The Bertz CT molecular complexity index is 553. The van der Waals surface area contributed by atoms with Crippen LogP contribution in [-0.4, -0.2) is 48.0 Å². The van der Waals surface area contributed by atoms with Crippen molar-refractivity contribution in [3.8, 4) is 5.75 Å². The number of nitrogens with zero attached hydrogens (tertiary/aromatic N) is 1. The van der Waals surface area contributed by atoms with Crippen LogP contribution in [0.1, 0.15) is 38.2 Å². The maximum Gasteiger partial charge on any atom is 0.165 e. The molecule has 0 aromatic heterocycles. The molecule has 2 heterocycles. The summed E-state index contributed by atoms with van der Waals surface area (Å²) in [5.41, 5.74) is 0.0660. The van der Waals surface area contributed by atoms with Crippen LogP contribution in [-0.2, 0) is 11.3 Å². The average molecular weight is 323 g/mol. The Morgan fingerprint density at radius 3 is 2.70 bits per heavy atom. The van der Waals surface area contributed by atoms with Gasteiger partial charge in [-0.2, -0.15) is 0 Å². The zero-order chi connectivity index (χ0) is 16.5. The predicted molar refractivity (Wildman–Crippen MR) is 86.0 cm³/mol. The number of methoxy groups -OCH3 is 1. The van der Waals surface area contributed by atoms with Crippen LogP contribution in [0.5, 0.6) is 5.75 Å². The van der Waals surface area contributed by atoms with Crippen LogP contribution in [0.3, 0.4) is 0 Å². The lowest BCUT2D eigenvalue weighted by Gasteiger charge is -2.48. The standard InChI is InChI=1S/C18H26FNO3/c1-17(21)8-11-23-18(13-17)6-9-20(10-7-18)12-14-4-3-5-15(19)16(14)22-2/h3-5,21H,6-13H2,1-2H3. The van der Waals surface area contributed by atoms with Gasteiger partial charge in [0, 0.05) is 31.6 Å². The molecule has 23 heavy (non-hydrogen) atoms. The van der Waals surface area contributed by atoms with E-state index in [2.05, 4.69) is 4.90 Å². The summed E-state index contributed by atoms with van der Waals surface area (Å²) in [7, 11) is 1.51. The lowest BCUT2D eigenvalue weighted by Crippen LogP contribution is -2.53. The minimum atomic E-state index is -0.619. The van der Waals surface area contributed by atoms with Gasteiger partial charge in [0.1, 0.15) is 0 Å². The van der Waals surface area contributed by atoms with E-state index in [0.717, 1.165) is 31.5 Å². The van der Waals surface area contributed by atoms with Gasteiger partial charge in [-0.3, -0.25) is 4.90 Å². The molecule has 0 radical (unpaired) electrons. The summed E-state index contributed by atoms with van der Waals surface area (Å²) in [5.74, 6) is 0.0229. The molecule has 2 aliphatic heterocycles. The summed E-state index contributed by atoms with van der Waals surface area (Å²) in [4.78, 5) is 2.30. The monoisotopic (exact) mass is 323 g/mol. The van der Waals surface area contributed by atoms with Crippen molar-refractivity contribution in [1.82, 2.24) is 4.90 Å². The Morgan fingerprint density at radius 2 is 2.04 bits per heavy atom. The van der Waals surface area contributed by atoms with Crippen LogP contribution in [0.2, 0.25) is 0 Å². The molecule has 1 N–H and O–H groups in total. The zero-order valence-electron chi connectivity index (χ0n) is 14.0. The number of rotatable bonds is 3. The molecule has 1 unspecified atom stereocenters. The van der Waals surface area contributed by atoms with Gasteiger partial charge in [-0.25, -0.2) is 4.39 Å². The molecule has 2 fully saturated rings. The SMILES string of the molecule is COc1c(F)cccc1CN1CCC2(CC1)CC(C)(O)CCO2. The fourth-order valence-corrected chi connectivity index (χ4v) is 3.91. The number of aliphatic hydroxyl groups is 1. The van der Waals surface area contributed by atoms with Gasteiger partial charge in [0.2, 0.25) is 0 Å². The van der Waals surface area contributed by atoms with E-state index in [4.69, 9.17) is 9.47 Å². The van der Waals surface area contributed by atoms with Gasteiger partial charge in [-0.1, -0.05) is 12.1 Å². The van der Waals surface area contributed by atoms with Crippen molar-refractivity contribution in [3.63, 3.8) is 0 Å². The topological polar surface area (TPSA) is 41.9 Å². The van der Waals surface area contributed by atoms with Gasteiger partial charge in [0.05, 0.1) is 24.9 Å². The fourth-order valence-electron chi connectivity index (χ4n) is 3.91. The molecule has 128 valence electrons. The molecule has 3 rings (SSSR count). The number of piperidine rings is 1. The van der Waals surface area contributed by atoms with Crippen LogP contribution in [0.15, 0.2) is 18.2 Å². The van der Waals surface area contributed by atoms with E-state index in [1.54, 1.807) is 6.07 Å². The second-order valence-electron chi connectivity index (χ2n) is 7.16. The van der Waals surface area contributed by atoms with Crippen LogP contribution >= 0.6 is 0 Å². The van der Waals surface area contributed by atoms with E-state index in [1.165, 1.54) is 13.2 Å². The van der Waals surface area contributed by atoms with Crippen molar-refractivity contribution >= 4 is 0 Å². The lowest BCUT2D eigenvalue weighted by molar-refractivity contribution is -0.173. The highest BCUT2D eigenvalue weighted by Crippen LogP contribution is 2.39. The van der Waals surface area contributed by atoms with Crippen molar-refractivity contribution in [3.05, 3.63) is 29.6 Å². The summed E-state index contributed by atoms with van der Waals surface area (Å²) >= 11 is 0. The van der Waals surface area contributed by atoms with Crippen LogP contribution in [0, 0.1) is 5.82 Å². The van der Waals surface area contributed by atoms with E-state index in [1.807, 2.05) is 13.0 Å². The maximum atomic E-state index is 13.8. The lowest BCUT2D eigenvalue weighted by atomic mass is 9.78. The molecule has 5 heteroatoms. The van der Waals surface area contributed by atoms with Gasteiger partial charge in [0.25, 0.3) is 0 Å². The van der Waals surface area contributed by atoms with Gasteiger partial charge in [0.15, 0.2) is 11.6 Å². The molecule has 0 amide bonds. The summed E-state index contributed by atoms with van der Waals surface area (Å²) in [6.45, 7) is 4.98. The Balaban J connectivity index is 1.63. The fraction of sp³-hybridized carbons (Fsp3) is 0.667. The van der Waals surface area contributed by atoms with E-state index >= 15 is 0 Å². The van der Waals surface area contributed by atoms with Gasteiger partial charge >= 0.3 is 0 Å². The van der Waals surface area contributed by atoms with Crippen molar-refractivity contribution < 1.29 is 19.0 Å². The molecular formula is C18H26FNO3. The number of halogens is 1. The third-order valence-electron chi connectivity index (χ3n) is 5.17. The van der Waals surface area contributed by atoms with Crippen LogP contribution in [0.4, 0.5) is 4.39 Å². The van der Waals surface area contributed by atoms with E-state index in [0.29, 0.717) is 31.7 Å². The minimum Gasteiger partial charge on any atom is -0.493 e. The molecule has 0 aliphatic carbocycles. The largest absolute Gasteiger partial charge is 0.493 e. The number of hydrogen-bond donors (Lipinski definition) is 1. The first kappa shape index (κ1) is 16.7. The number of ether oxygens (including phenoxy) is 2. The van der Waals surface area contributed by atoms with Gasteiger partial charge < -0.3 is 14.6 Å². The highest BCUT2D eigenvalue weighted by atomic mass is 19.1. The second kappa shape index (κ2) is 6.38. The predicted octanol–water partition coefficient (Wildman–Crippen LogP) is 2.73. The molecule has 2 aliphatic rings. The summed E-state index contributed by atoms with van der Waals surface area (Å²) < 4.78 is 25.0.